The second kappa shape index (κ2) is 12.3. The van der Waals surface area contributed by atoms with Crippen LogP contribution in [0.3, 0.4) is 0 Å². The van der Waals surface area contributed by atoms with E-state index >= 15 is 0 Å². The number of fused-ring (bicyclic) bond motifs is 1. The Balaban J connectivity index is 0. The molecule has 0 radical (unpaired) electrons. The molecule has 0 aromatic heterocycles. The molecule has 0 atom stereocenters. The Morgan fingerprint density at radius 3 is 2.52 bits per heavy atom. The van der Waals surface area contributed by atoms with Gasteiger partial charge in [-0.2, -0.15) is 12.1 Å². The van der Waals surface area contributed by atoms with Gasteiger partial charge in [0.25, 0.3) is 0 Å². The van der Waals surface area contributed by atoms with E-state index < -0.39 is 0 Å². The molecule has 0 amide bonds. The standard InChI is InChI=1S/C10H9.C7H9O.2ClH.Zr/c1-8-6-9-4-2-3-5-10(9)7-8;8-6-5-7-3-1-2-4-7;;;/h2-7H,1H3;1,3,8H,2,5-6H2;2*1H;/q2*-1;;;+4/p-2. The fourth-order valence-corrected chi connectivity index (χ4v) is 2.05. The number of benzene rings is 1. The van der Waals surface area contributed by atoms with Crippen LogP contribution >= 0.6 is 0 Å². The van der Waals surface area contributed by atoms with Crippen LogP contribution in [0.4, 0.5) is 0 Å². The maximum absolute atomic E-state index is 8.43. The molecule has 4 heteroatoms. The van der Waals surface area contributed by atoms with E-state index in [4.69, 9.17) is 5.11 Å². The van der Waals surface area contributed by atoms with E-state index in [1.54, 1.807) is 0 Å². The fourth-order valence-electron chi connectivity index (χ4n) is 2.05. The van der Waals surface area contributed by atoms with Gasteiger partial charge in [-0.25, -0.2) is 11.6 Å². The van der Waals surface area contributed by atoms with E-state index in [1.807, 2.05) is 12.2 Å². The van der Waals surface area contributed by atoms with Gasteiger partial charge in [-0.05, 0) is 6.42 Å². The van der Waals surface area contributed by atoms with Crippen LogP contribution in [0, 0.1) is 13.0 Å². The third-order valence-electron chi connectivity index (χ3n) is 2.91. The molecule has 0 saturated carbocycles. The number of hydrogen-bond acceptors (Lipinski definition) is 1. The molecule has 0 aliphatic heterocycles. The summed E-state index contributed by atoms with van der Waals surface area (Å²) in [5, 5.41) is 11.1. The molecule has 0 spiro atoms. The van der Waals surface area contributed by atoms with Gasteiger partial charge in [0.2, 0.25) is 0 Å². The summed E-state index contributed by atoms with van der Waals surface area (Å²) in [6, 6.07) is 12.8. The van der Waals surface area contributed by atoms with E-state index in [1.165, 1.54) is 16.3 Å². The fraction of sp³-hybridized carbons (Fsp3) is 0.235. The van der Waals surface area contributed by atoms with Crippen LogP contribution in [-0.4, -0.2) is 11.7 Å². The summed E-state index contributed by atoms with van der Waals surface area (Å²) in [6.45, 7) is 2.37. The molecular weight excluding hydrogens is 382 g/mol. The maximum atomic E-state index is 8.43. The minimum absolute atomic E-state index is 0. The molecule has 1 aliphatic carbocycles. The largest absolute Gasteiger partial charge is 4.00 e. The van der Waals surface area contributed by atoms with Gasteiger partial charge < -0.3 is 29.9 Å². The van der Waals surface area contributed by atoms with Gasteiger partial charge in [0, 0.05) is 6.61 Å². The van der Waals surface area contributed by atoms with Crippen molar-refractivity contribution in [1.82, 2.24) is 0 Å². The van der Waals surface area contributed by atoms with Crippen molar-refractivity contribution in [2.75, 3.05) is 6.61 Å². The normalized spacial score (nSPS) is 11.4. The van der Waals surface area contributed by atoms with E-state index in [-0.39, 0.29) is 57.6 Å². The van der Waals surface area contributed by atoms with Crippen LogP contribution in [0.1, 0.15) is 18.4 Å². The summed E-state index contributed by atoms with van der Waals surface area (Å²) in [6.07, 6.45) is 8.85. The summed E-state index contributed by atoms with van der Waals surface area (Å²) in [5.41, 5.74) is 2.49. The van der Waals surface area contributed by atoms with E-state index in [9.17, 15) is 0 Å². The zero-order chi connectivity index (χ0) is 12.8. The number of aliphatic hydroxyl groups is 1. The first kappa shape index (κ1) is 23.0. The average molecular weight is 400 g/mol. The van der Waals surface area contributed by atoms with Gasteiger partial charge >= 0.3 is 26.2 Å². The Kier molecular flexibility index (Phi) is 13.5. The number of halogens is 2. The molecule has 0 heterocycles. The molecule has 110 valence electrons. The predicted octanol–water partition coefficient (Wildman–Crippen LogP) is -2.07. The number of aliphatic hydroxyl groups excluding tert-OH is 1. The van der Waals surface area contributed by atoms with E-state index in [0.717, 1.165) is 18.4 Å². The van der Waals surface area contributed by atoms with Crippen molar-refractivity contribution in [2.45, 2.75) is 19.8 Å². The zero-order valence-corrected chi connectivity index (χ0v) is 15.9. The Bertz CT molecular complexity index is 540. The Hall–Kier alpha value is -0.267. The first-order valence-electron chi connectivity index (χ1n) is 6.29. The van der Waals surface area contributed by atoms with Crippen LogP contribution in [0.25, 0.3) is 10.8 Å². The van der Waals surface area contributed by atoms with Crippen LogP contribution in [0.5, 0.6) is 0 Å². The Morgan fingerprint density at radius 1 is 1.24 bits per heavy atom. The third-order valence-corrected chi connectivity index (χ3v) is 2.91. The van der Waals surface area contributed by atoms with E-state index in [0.29, 0.717) is 0 Å². The number of hydrogen-bond donors (Lipinski definition) is 1. The quantitative estimate of drug-likeness (QED) is 0.575. The Labute approximate surface area is 158 Å². The van der Waals surface area contributed by atoms with Gasteiger partial charge in [0.1, 0.15) is 0 Å². The van der Waals surface area contributed by atoms with Gasteiger partial charge in [0.05, 0.1) is 0 Å². The van der Waals surface area contributed by atoms with Gasteiger partial charge in [0.15, 0.2) is 0 Å². The summed E-state index contributed by atoms with van der Waals surface area (Å²) >= 11 is 0. The minimum Gasteiger partial charge on any atom is -1.00 e. The topological polar surface area (TPSA) is 20.2 Å². The molecule has 21 heavy (non-hydrogen) atoms. The first-order chi connectivity index (χ1) is 8.79. The Morgan fingerprint density at radius 2 is 1.95 bits per heavy atom. The molecule has 1 N–H and O–H groups in total. The zero-order valence-electron chi connectivity index (χ0n) is 11.9. The van der Waals surface area contributed by atoms with Crippen molar-refractivity contribution < 1.29 is 56.1 Å². The van der Waals surface area contributed by atoms with Crippen LogP contribution in [-0.2, 0) is 26.2 Å². The third kappa shape index (κ3) is 7.52. The smallest absolute Gasteiger partial charge is 1.00 e. The van der Waals surface area contributed by atoms with Crippen molar-refractivity contribution in [3.8, 4) is 0 Å². The summed E-state index contributed by atoms with van der Waals surface area (Å²) in [7, 11) is 0. The second-order valence-electron chi connectivity index (χ2n) is 4.44. The van der Waals surface area contributed by atoms with E-state index in [2.05, 4.69) is 49.4 Å². The van der Waals surface area contributed by atoms with Gasteiger partial charge in [-0.15, -0.1) is 47.0 Å². The van der Waals surface area contributed by atoms with Crippen molar-refractivity contribution in [2.24, 2.45) is 0 Å². The van der Waals surface area contributed by atoms with Gasteiger partial charge in [-0.3, -0.25) is 6.08 Å². The molecular formula is C17H18Cl2OZr. The molecule has 0 saturated heterocycles. The second-order valence-corrected chi connectivity index (χ2v) is 4.44. The maximum Gasteiger partial charge on any atom is 4.00 e. The van der Waals surface area contributed by atoms with Crippen molar-refractivity contribution in [3.63, 3.8) is 0 Å². The van der Waals surface area contributed by atoms with Crippen molar-refractivity contribution >= 4 is 10.8 Å². The molecule has 2 aromatic rings. The molecule has 2 aromatic carbocycles. The number of rotatable bonds is 2. The summed E-state index contributed by atoms with van der Waals surface area (Å²) in [5.74, 6) is 0. The molecule has 1 nitrogen and oxygen atoms in total. The predicted molar refractivity (Wildman–Crippen MR) is 76.5 cm³/mol. The number of allylic oxidation sites excluding steroid dienone is 3. The van der Waals surface area contributed by atoms with Crippen LogP contribution in [0.2, 0.25) is 0 Å². The first-order valence-corrected chi connectivity index (χ1v) is 6.29. The van der Waals surface area contributed by atoms with Crippen molar-refractivity contribution in [1.29, 1.82) is 0 Å². The molecule has 3 rings (SSSR count). The number of aryl methyl sites for hydroxylation is 1. The SMILES string of the molecule is Cc1cc2ccccc2[cH-]1.OCCC1=[C-]CC=C1.[Cl-].[Cl-].[Zr+4]. The minimum atomic E-state index is 0. The van der Waals surface area contributed by atoms with Gasteiger partial charge in [-0.1, -0.05) is 13.0 Å². The van der Waals surface area contributed by atoms with Crippen LogP contribution in [0.15, 0.2) is 54.1 Å². The molecule has 0 unspecified atom stereocenters. The molecule has 0 bridgehead atoms. The average Bonchev–Trinajstić information content (AvgIpc) is 2.98. The monoisotopic (exact) mass is 398 g/mol. The summed E-state index contributed by atoms with van der Waals surface area (Å²) in [4.78, 5) is 0. The van der Waals surface area contributed by atoms with Crippen LogP contribution < -0.4 is 24.8 Å². The molecule has 0 fully saturated rings. The summed E-state index contributed by atoms with van der Waals surface area (Å²) < 4.78 is 0. The van der Waals surface area contributed by atoms with Crippen molar-refractivity contribution in [3.05, 3.63) is 65.8 Å². The molecule has 1 aliphatic rings.